The van der Waals surface area contributed by atoms with Gasteiger partial charge in [-0.3, -0.25) is 9.67 Å². The lowest BCUT2D eigenvalue weighted by atomic mass is 9.97. The Hall–Kier alpha value is -3.38. The number of benzene rings is 1. The molecule has 32 heavy (non-hydrogen) atoms. The maximum absolute atomic E-state index is 13.3. The Balaban J connectivity index is 1.81. The number of halogens is 1. The molecule has 3 heterocycles. The van der Waals surface area contributed by atoms with Gasteiger partial charge < -0.3 is 0 Å². The molecule has 1 aromatic carbocycles. The number of nitrogens with zero attached hydrogens (tertiary/aromatic N) is 5. The summed E-state index contributed by atoms with van der Waals surface area (Å²) in [5.74, 6) is -0.132. The lowest BCUT2D eigenvalue weighted by Crippen LogP contribution is -2.19. The van der Waals surface area contributed by atoms with Gasteiger partial charge in [0, 0.05) is 12.1 Å². The highest BCUT2D eigenvalue weighted by molar-refractivity contribution is 7.86. The molecule has 4 rings (SSSR count). The molecule has 0 aliphatic heterocycles. The third-order valence-electron chi connectivity index (χ3n) is 4.43. The van der Waals surface area contributed by atoms with Gasteiger partial charge in [0.05, 0.1) is 11.9 Å². The quantitative estimate of drug-likeness (QED) is 0.420. The van der Waals surface area contributed by atoms with E-state index in [4.69, 9.17) is 9.27 Å². The fraction of sp³-hybridized carbons (Fsp3) is 0.300. The van der Waals surface area contributed by atoms with Crippen LogP contribution >= 0.6 is 0 Å². The van der Waals surface area contributed by atoms with E-state index in [1.807, 2.05) is 20.8 Å². The molecule has 4 aromatic rings. The highest BCUT2D eigenvalue weighted by Crippen LogP contribution is 2.30. The summed E-state index contributed by atoms with van der Waals surface area (Å²) < 4.78 is 42.7. The number of H-pyrrole nitrogens is 1. The third kappa shape index (κ3) is 4.75. The minimum atomic E-state index is -3.74. The molecule has 0 aliphatic rings. The minimum absolute atomic E-state index is 0.165. The van der Waals surface area contributed by atoms with Crippen LogP contribution in [0.25, 0.3) is 33.8 Å². The smallest absolute Gasteiger partial charge is 0.285 e. The van der Waals surface area contributed by atoms with E-state index >= 15 is 0 Å². The molecule has 10 nitrogen and oxygen atoms in total. The van der Waals surface area contributed by atoms with E-state index in [1.165, 1.54) is 12.1 Å². The lowest BCUT2D eigenvalue weighted by molar-refractivity contribution is 0.339. The van der Waals surface area contributed by atoms with Crippen LogP contribution in [-0.4, -0.2) is 44.6 Å². The first-order valence-electron chi connectivity index (χ1n) is 9.69. The molecule has 0 radical (unpaired) electrons. The van der Waals surface area contributed by atoms with E-state index in [0.29, 0.717) is 40.4 Å². The number of fused-ring (bicyclic) bond motifs is 1. The number of hydrogen-bond acceptors (Lipinski definition) is 8. The molecule has 12 heteroatoms. The van der Waals surface area contributed by atoms with Gasteiger partial charge in [0.2, 0.25) is 5.95 Å². The molecule has 3 aromatic heterocycles. The van der Waals surface area contributed by atoms with E-state index in [2.05, 4.69) is 25.9 Å². The summed E-state index contributed by atoms with van der Waals surface area (Å²) in [6, 6.07) is 9.44. The zero-order chi connectivity index (χ0) is 23.1. The number of rotatable bonds is 6. The number of pyridine rings is 1. The van der Waals surface area contributed by atoms with Gasteiger partial charge >= 0.3 is 0 Å². The van der Waals surface area contributed by atoms with Crippen molar-refractivity contribution in [3.05, 3.63) is 42.2 Å². The van der Waals surface area contributed by atoms with Gasteiger partial charge in [-0.2, -0.15) is 8.42 Å². The van der Waals surface area contributed by atoms with Crippen molar-refractivity contribution in [3.63, 3.8) is 0 Å². The Morgan fingerprint density at radius 3 is 2.50 bits per heavy atom. The van der Waals surface area contributed by atoms with E-state index in [0.717, 1.165) is 6.26 Å². The first-order valence-corrected chi connectivity index (χ1v) is 11.5. The number of imidazole rings is 1. The number of nitrogens with one attached hydrogen (secondary N) is 2. The first-order chi connectivity index (χ1) is 15.0. The molecule has 0 unspecified atom stereocenters. The lowest BCUT2D eigenvalue weighted by Gasteiger charge is -2.20. The summed E-state index contributed by atoms with van der Waals surface area (Å²) >= 11 is 0. The zero-order valence-electron chi connectivity index (χ0n) is 17.9. The van der Waals surface area contributed by atoms with Crippen LogP contribution in [-0.2, 0) is 20.9 Å². The van der Waals surface area contributed by atoms with Gasteiger partial charge in [0.15, 0.2) is 5.65 Å². The average molecular weight is 460 g/mol. The summed E-state index contributed by atoms with van der Waals surface area (Å²) in [4.78, 5) is 9.17. The van der Waals surface area contributed by atoms with Crippen LogP contribution in [0.15, 0.2) is 36.4 Å². The van der Waals surface area contributed by atoms with E-state index in [9.17, 15) is 12.8 Å². The number of aromatic nitrogens is 6. The molecule has 0 bridgehead atoms. The fourth-order valence-electron chi connectivity index (χ4n) is 3.17. The van der Waals surface area contributed by atoms with Crippen LogP contribution in [0.1, 0.15) is 20.8 Å². The van der Waals surface area contributed by atoms with Crippen molar-refractivity contribution in [2.75, 3.05) is 11.7 Å². The van der Waals surface area contributed by atoms with Crippen molar-refractivity contribution < 1.29 is 17.1 Å². The third-order valence-corrected chi connectivity index (χ3v) is 4.82. The monoisotopic (exact) mass is 459 g/mol. The van der Waals surface area contributed by atoms with Crippen LogP contribution in [0, 0.1) is 11.2 Å². The van der Waals surface area contributed by atoms with Gasteiger partial charge in [0.1, 0.15) is 22.7 Å². The average Bonchev–Trinajstić information content (AvgIpc) is 3.30. The molecule has 0 atom stereocenters. The first kappa shape index (κ1) is 21.8. The van der Waals surface area contributed by atoms with Crippen molar-refractivity contribution in [1.29, 1.82) is 0 Å². The second-order valence-corrected chi connectivity index (χ2v) is 10.1. The van der Waals surface area contributed by atoms with Gasteiger partial charge in [-0.05, 0) is 41.8 Å². The fourth-order valence-corrected chi connectivity index (χ4v) is 3.40. The molecule has 0 spiro atoms. The maximum atomic E-state index is 13.3. The second-order valence-electron chi connectivity index (χ2n) is 8.55. The van der Waals surface area contributed by atoms with Crippen molar-refractivity contribution >= 4 is 27.2 Å². The van der Waals surface area contributed by atoms with Gasteiger partial charge in [-0.15, -0.1) is 9.38 Å². The van der Waals surface area contributed by atoms with Crippen LogP contribution < -0.4 is 5.48 Å². The number of anilines is 1. The molecule has 2 N–H and O–H groups in total. The summed E-state index contributed by atoms with van der Waals surface area (Å²) in [6.45, 7) is 6.60. The summed E-state index contributed by atoms with van der Waals surface area (Å²) in [6.07, 6.45) is 0.940. The highest BCUT2D eigenvalue weighted by Gasteiger charge is 2.21. The van der Waals surface area contributed by atoms with Gasteiger partial charge in [-0.25, -0.2) is 19.8 Å². The number of aromatic amines is 1. The second kappa shape index (κ2) is 7.95. The topological polar surface area (TPSA) is 128 Å². The molecule has 168 valence electrons. The largest absolute Gasteiger partial charge is 0.293 e. The molecular weight excluding hydrogens is 437 g/mol. The Morgan fingerprint density at radius 2 is 1.84 bits per heavy atom. The van der Waals surface area contributed by atoms with Crippen molar-refractivity contribution in [2.24, 2.45) is 5.41 Å². The van der Waals surface area contributed by atoms with Crippen molar-refractivity contribution in [2.45, 2.75) is 27.3 Å². The van der Waals surface area contributed by atoms with Crippen LogP contribution in [0.2, 0.25) is 0 Å². The molecule has 0 saturated carbocycles. The van der Waals surface area contributed by atoms with Gasteiger partial charge in [-0.1, -0.05) is 26.0 Å². The molecule has 0 fully saturated rings. The number of hydrogen-bond donors (Lipinski definition) is 2. The highest BCUT2D eigenvalue weighted by atomic mass is 32.2. The van der Waals surface area contributed by atoms with Gasteiger partial charge in [0.25, 0.3) is 10.1 Å². The van der Waals surface area contributed by atoms with Crippen LogP contribution in [0.5, 0.6) is 0 Å². The Morgan fingerprint density at radius 1 is 1.12 bits per heavy atom. The molecule has 0 amide bonds. The molecule has 0 aliphatic carbocycles. The van der Waals surface area contributed by atoms with Crippen LogP contribution in [0.4, 0.5) is 10.3 Å². The predicted octanol–water partition coefficient (Wildman–Crippen LogP) is 3.37. The Bertz CT molecular complexity index is 1370. The van der Waals surface area contributed by atoms with E-state index in [-0.39, 0.29) is 17.2 Å². The predicted molar refractivity (Wildman–Crippen MR) is 117 cm³/mol. The summed E-state index contributed by atoms with van der Waals surface area (Å²) in [5, 5.41) is 10.9. The standard InChI is InChI=1S/C20H22FN7O3S/c1-20(2,3)11-28-18-15(23-19(28)26-31-32(4,29)30)10-9-14(22-18)17-16(24-27-25-17)12-5-7-13(21)8-6-12/h5-10H,11H2,1-4H3,(H,23,26)(H,24,25,27). The Kier molecular flexibility index (Phi) is 5.42. The normalized spacial score (nSPS) is 12.4. The van der Waals surface area contributed by atoms with E-state index < -0.39 is 10.1 Å². The minimum Gasteiger partial charge on any atom is -0.293 e. The van der Waals surface area contributed by atoms with Crippen LogP contribution in [0.3, 0.4) is 0 Å². The SMILES string of the molecule is CC(C)(C)Cn1c(NOS(C)(=O)=O)nc2ccc(-c3[nH]nnc3-c3ccc(F)cc3)nc21. The molecular formula is C20H22FN7O3S. The van der Waals surface area contributed by atoms with E-state index in [1.54, 1.807) is 28.8 Å². The summed E-state index contributed by atoms with van der Waals surface area (Å²) in [5.41, 5.74) is 5.64. The van der Waals surface area contributed by atoms with Crippen molar-refractivity contribution in [1.82, 2.24) is 29.9 Å². The molecule has 0 saturated heterocycles. The maximum Gasteiger partial charge on any atom is 0.285 e. The zero-order valence-corrected chi connectivity index (χ0v) is 18.7. The van der Waals surface area contributed by atoms with Crippen molar-refractivity contribution in [3.8, 4) is 22.6 Å². The summed E-state index contributed by atoms with van der Waals surface area (Å²) in [7, 11) is -3.74. The Labute approximate surface area is 183 Å².